The molecule has 0 fully saturated rings. The Kier molecular flexibility index (Phi) is 5.46. The molecule has 0 spiro atoms. The number of ether oxygens (including phenoxy) is 1. The molecule has 1 amide bonds. The number of thiazole rings is 1. The number of rotatable bonds is 5. The fourth-order valence-electron chi connectivity index (χ4n) is 2.95. The first-order valence-electron chi connectivity index (χ1n) is 8.52. The predicted octanol–water partition coefficient (Wildman–Crippen LogP) is 4.87. The lowest BCUT2D eigenvalue weighted by Gasteiger charge is -2.04. The molecule has 148 valence electrons. The lowest BCUT2D eigenvalue weighted by atomic mass is 10.2. The van der Waals surface area contributed by atoms with Gasteiger partial charge in [0.05, 0.1) is 26.8 Å². The minimum atomic E-state index is -0.447. The van der Waals surface area contributed by atoms with Crippen LogP contribution in [0.1, 0.15) is 9.67 Å². The van der Waals surface area contributed by atoms with Gasteiger partial charge in [-0.1, -0.05) is 41.1 Å². The number of hydrogen-bond donors (Lipinski definition) is 0. The SMILES string of the molecule is COCCn1c(=NC(=O)c2sc3ccccc3c2Cl)sc2cc([N+](=O)[O-])ccc21. The first-order valence-corrected chi connectivity index (χ1v) is 10.5. The van der Waals surface area contributed by atoms with Crippen LogP contribution in [0.4, 0.5) is 5.69 Å². The highest BCUT2D eigenvalue weighted by molar-refractivity contribution is 7.21. The number of carbonyl (C=O) groups is 1. The van der Waals surface area contributed by atoms with Gasteiger partial charge in [-0.15, -0.1) is 11.3 Å². The van der Waals surface area contributed by atoms with Crippen LogP contribution >= 0.6 is 34.3 Å². The number of carbonyl (C=O) groups excluding carboxylic acids is 1. The molecule has 2 aromatic heterocycles. The lowest BCUT2D eigenvalue weighted by molar-refractivity contribution is -0.384. The molecule has 0 aliphatic carbocycles. The van der Waals surface area contributed by atoms with Crippen LogP contribution < -0.4 is 4.80 Å². The van der Waals surface area contributed by atoms with Crippen molar-refractivity contribution in [1.82, 2.24) is 4.57 Å². The first kappa shape index (κ1) is 19.7. The number of hydrogen-bond acceptors (Lipinski definition) is 6. The number of nitro groups is 1. The van der Waals surface area contributed by atoms with E-state index in [0.29, 0.717) is 32.6 Å². The van der Waals surface area contributed by atoms with Crippen LogP contribution in [-0.4, -0.2) is 29.1 Å². The maximum Gasteiger partial charge on any atom is 0.291 e. The van der Waals surface area contributed by atoms with Crippen molar-refractivity contribution in [2.75, 3.05) is 13.7 Å². The molecule has 7 nitrogen and oxygen atoms in total. The average molecular weight is 448 g/mol. The molecule has 10 heteroatoms. The number of halogens is 1. The van der Waals surface area contributed by atoms with Gasteiger partial charge in [-0.25, -0.2) is 0 Å². The Labute approximate surface area is 177 Å². The number of non-ortho nitro benzene ring substituents is 1. The topological polar surface area (TPSA) is 86.7 Å². The second-order valence-electron chi connectivity index (χ2n) is 6.10. The summed E-state index contributed by atoms with van der Waals surface area (Å²) in [6, 6.07) is 12.1. The van der Waals surface area contributed by atoms with Crippen molar-refractivity contribution in [2.45, 2.75) is 6.54 Å². The van der Waals surface area contributed by atoms with Gasteiger partial charge in [0, 0.05) is 35.9 Å². The summed E-state index contributed by atoms with van der Waals surface area (Å²) >= 11 is 8.92. The number of nitro benzene ring substituents is 1. The van der Waals surface area contributed by atoms with Crippen molar-refractivity contribution < 1.29 is 14.5 Å². The highest BCUT2D eigenvalue weighted by Crippen LogP contribution is 2.35. The van der Waals surface area contributed by atoms with E-state index in [2.05, 4.69) is 4.99 Å². The van der Waals surface area contributed by atoms with Crippen LogP contribution in [-0.2, 0) is 11.3 Å². The number of thiophene rings is 1. The summed E-state index contributed by atoms with van der Waals surface area (Å²) < 4.78 is 8.57. The van der Waals surface area contributed by atoms with Crippen molar-refractivity contribution in [3.63, 3.8) is 0 Å². The minimum Gasteiger partial charge on any atom is -0.383 e. The molecular weight excluding hydrogens is 434 g/mol. The summed E-state index contributed by atoms with van der Waals surface area (Å²) in [6.07, 6.45) is 0. The fourth-order valence-corrected chi connectivity index (χ4v) is 5.43. The average Bonchev–Trinajstić information content (AvgIpc) is 3.23. The summed E-state index contributed by atoms with van der Waals surface area (Å²) in [5, 5.41) is 12.3. The summed E-state index contributed by atoms with van der Waals surface area (Å²) in [6.45, 7) is 0.869. The van der Waals surface area contributed by atoms with E-state index in [1.54, 1.807) is 13.2 Å². The van der Waals surface area contributed by atoms with Gasteiger partial charge in [-0.3, -0.25) is 14.9 Å². The summed E-state index contributed by atoms with van der Waals surface area (Å²) in [7, 11) is 1.58. The van der Waals surface area contributed by atoms with E-state index >= 15 is 0 Å². The number of methoxy groups -OCH3 is 1. The molecule has 0 saturated heterocycles. The van der Waals surface area contributed by atoms with Crippen LogP contribution in [0.5, 0.6) is 0 Å². The van der Waals surface area contributed by atoms with Crippen LogP contribution in [0.3, 0.4) is 0 Å². The third-order valence-electron chi connectivity index (χ3n) is 4.32. The van der Waals surface area contributed by atoms with Crippen molar-refractivity contribution >= 4 is 66.2 Å². The van der Waals surface area contributed by atoms with Crippen molar-refractivity contribution in [3.05, 3.63) is 67.3 Å². The maximum atomic E-state index is 12.9. The largest absolute Gasteiger partial charge is 0.383 e. The second-order valence-corrected chi connectivity index (χ2v) is 8.54. The zero-order chi connectivity index (χ0) is 20.5. The zero-order valence-electron chi connectivity index (χ0n) is 15.1. The van der Waals surface area contributed by atoms with E-state index in [1.165, 1.54) is 34.8 Å². The fraction of sp³-hybridized carbons (Fsp3) is 0.158. The number of benzene rings is 2. The highest BCUT2D eigenvalue weighted by atomic mass is 35.5. The monoisotopic (exact) mass is 447 g/mol. The smallest absolute Gasteiger partial charge is 0.291 e. The normalized spacial score (nSPS) is 12.1. The summed E-state index contributed by atoms with van der Waals surface area (Å²) in [5.74, 6) is -0.441. The van der Waals surface area contributed by atoms with E-state index in [4.69, 9.17) is 16.3 Å². The third kappa shape index (κ3) is 3.69. The van der Waals surface area contributed by atoms with Gasteiger partial charge in [0.1, 0.15) is 4.88 Å². The molecule has 2 heterocycles. The number of nitrogens with zero attached hydrogens (tertiary/aromatic N) is 3. The van der Waals surface area contributed by atoms with Crippen LogP contribution in [0.25, 0.3) is 20.3 Å². The zero-order valence-corrected chi connectivity index (χ0v) is 17.5. The highest BCUT2D eigenvalue weighted by Gasteiger charge is 2.18. The Bertz CT molecular complexity index is 1320. The van der Waals surface area contributed by atoms with E-state index in [9.17, 15) is 14.9 Å². The molecule has 2 aromatic carbocycles. The Morgan fingerprint density at radius 2 is 2.03 bits per heavy atom. The molecule has 0 radical (unpaired) electrons. The molecule has 0 saturated carbocycles. The molecule has 0 unspecified atom stereocenters. The van der Waals surface area contributed by atoms with Gasteiger partial charge in [0.25, 0.3) is 11.6 Å². The maximum absolute atomic E-state index is 12.9. The molecular formula is C19H14ClN3O4S2. The third-order valence-corrected chi connectivity index (χ3v) is 7.03. The number of fused-ring (bicyclic) bond motifs is 2. The minimum absolute atomic E-state index is 0.0110. The molecule has 0 bridgehead atoms. The van der Waals surface area contributed by atoms with E-state index < -0.39 is 10.8 Å². The van der Waals surface area contributed by atoms with E-state index in [1.807, 2.05) is 28.8 Å². The molecule has 0 aliphatic heterocycles. The standard InChI is InChI=1S/C19H14ClN3O4S2/c1-27-9-8-22-13-7-6-11(23(25)26)10-15(13)29-19(22)21-18(24)17-16(20)12-4-2-3-5-14(12)28-17/h2-7,10H,8-9H2,1H3. The lowest BCUT2D eigenvalue weighted by Crippen LogP contribution is -2.19. The van der Waals surface area contributed by atoms with Crippen molar-refractivity contribution in [1.29, 1.82) is 0 Å². The molecule has 0 N–H and O–H groups in total. The Hall–Kier alpha value is -2.59. The van der Waals surface area contributed by atoms with Gasteiger partial charge in [0.15, 0.2) is 4.80 Å². The molecule has 4 aromatic rings. The van der Waals surface area contributed by atoms with Crippen molar-refractivity contribution in [2.24, 2.45) is 4.99 Å². The van der Waals surface area contributed by atoms with Gasteiger partial charge >= 0.3 is 0 Å². The van der Waals surface area contributed by atoms with Gasteiger partial charge < -0.3 is 9.30 Å². The van der Waals surface area contributed by atoms with Gasteiger partial charge in [-0.05, 0) is 12.1 Å². The molecule has 4 rings (SSSR count). The van der Waals surface area contributed by atoms with E-state index in [0.717, 1.165) is 15.6 Å². The molecule has 0 aliphatic rings. The second kappa shape index (κ2) is 8.03. The van der Waals surface area contributed by atoms with Crippen LogP contribution in [0.15, 0.2) is 47.5 Å². The summed E-state index contributed by atoms with van der Waals surface area (Å²) in [5.41, 5.74) is 0.745. The van der Waals surface area contributed by atoms with Crippen LogP contribution in [0, 0.1) is 10.1 Å². The predicted molar refractivity (Wildman–Crippen MR) is 115 cm³/mol. The Morgan fingerprint density at radius 1 is 1.24 bits per heavy atom. The van der Waals surface area contributed by atoms with Gasteiger partial charge in [0.2, 0.25) is 0 Å². The number of aromatic nitrogens is 1. The quantitative estimate of drug-likeness (QED) is 0.322. The number of amides is 1. The summed E-state index contributed by atoms with van der Waals surface area (Å²) in [4.78, 5) is 28.6. The Morgan fingerprint density at radius 3 is 2.76 bits per heavy atom. The Balaban J connectivity index is 1.85. The first-order chi connectivity index (χ1) is 14.0. The van der Waals surface area contributed by atoms with Crippen LogP contribution in [0.2, 0.25) is 5.02 Å². The molecule has 0 atom stereocenters. The van der Waals surface area contributed by atoms with Gasteiger partial charge in [-0.2, -0.15) is 4.99 Å². The molecule has 29 heavy (non-hydrogen) atoms. The van der Waals surface area contributed by atoms with E-state index in [-0.39, 0.29) is 5.69 Å². The van der Waals surface area contributed by atoms with Crippen molar-refractivity contribution in [3.8, 4) is 0 Å².